The number of hydrogen-bond donors (Lipinski definition) is 3. The minimum atomic E-state index is -0.624. The third kappa shape index (κ3) is 4.15. The molecule has 0 fully saturated rings. The van der Waals surface area contributed by atoms with E-state index in [2.05, 4.69) is 20.9 Å². The van der Waals surface area contributed by atoms with Gasteiger partial charge in [0.15, 0.2) is 0 Å². The normalized spacial score (nSPS) is 11.8. The second-order valence-corrected chi connectivity index (χ2v) is 6.30. The Morgan fingerprint density at radius 1 is 1.11 bits per heavy atom. The lowest BCUT2D eigenvalue weighted by Crippen LogP contribution is -2.45. The van der Waals surface area contributed by atoms with E-state index in [0.29, 0.717) is 22.7 Å². The van der Waals surface area contributed by atoms with Gasteiger partial charge in [-0.2, -0.15) is 0 Å². The van der Waals surface area contributed by atoms with Gasteiger partial charge in [-0.05, 0) is 42.8 Å². The van der Waals surface area contributed by atoms with Crippen molar-refractivity contribution >= 4 is 34.6 Å². The van der Waals surface area contributed by atoms with Crippen molar-refractivity contribution < 1.29 is 4.79 Å². The molecule has 0 saturated heterocycles. The summed E-state index contributed by atoms with van der Waals surface area (Å²) in [5.41, 5.74) is 0.101. The van der Waals surface area contributed by atoms with Gasteiger partial charge in [0.2, 0.25) is 0 Å². The van der Waals surface area contributed by atoms with E-state index >= 15 is 0 Å². The third-order valence-corrected chi connectivity index (χ3v) is 4.23. The zero-order valence-corrected chi connectivity index (χ0v) is 15.2. The maximum atomic E-state index is 12.3. The highest BCUT2D eigenvalue weighted by Crippen LogP contribution is 2.20. The molecule has 138 valence electrons. The van der Waals surface area contributed by atoms with Crippen molar-refractivity contribution in [3.05, 3.63) is 79.8 Å². The quantitative estimate of drug-likeness (QED) is 0.427. The molecule has 3 aromatic rings. The number of benzene rings is 1. The van der Waals surface area contributed by atoms with Crippen LogP contribution in [-0.4, -0.2) is 17.1 Å². The monoisotopic (exact) mass is 384 g/mol. The number of rotatable bonds is 7. The van der Waals surface area contributed by atoms with Gasteiger partial charge in [-0.15, -0.1) is 0 Å². The molecule has 1 heterocycles. The summed E-state index contributed by atoms with van der Waals surface area (Å²) >= 11 is 5.83. The van der Waals surface area contributed by atoms with Gasteiger partial charge in [0, 0.05) is 16.8 Å². The van der Waals surface area contributed by atoms with E-state index in [4.69, 9.17) is 11.6 Å². The molecule has 0 radical (unpaired) electrons. The first-order chi connectivity index (χ1) is 13.0. The molecule has 7 nitrogen and oxygen atoms in total. The predicted molar refractivity (Wildman–Crippen MR) is 105 cm³/mol. The largest absolute Gasteiger partial charge is 0.360 e. The van der Waals surface area contributed by atoms with Gasteiger partial charge in [0.1, 0.15) is 11.4 Å². The van der Waals surface area contributed by atoms with Crippen molar-refractivity contribution in [2.75, 3.05) is 10.6 Å². The standard InChI is InChI=1S/C19H17ClN4O3/c1-2-14(24-19(27)11-5-7-12(20)8-6-11)23-16-15(17(25)18(16)26)22-13-4-3-9-21-10-13/h3-10,14,22-23H,2H2,1H3,(H,24,27). The molecule has 0 aliphatic carbocycles. The number of anilines is 3. The Labute approximate surface area is 160 Å². The van der Waals surface area contributed by atoms with Gasteiger partial charge in [-0.1, -0.05) is 18.5 Å². The molecule has 1 unspecified atom stereocenters. The average Bonchev–Trinajstić information content (AvgIpc) is 2.70. The molecule has 0 aliphatic heterocycles. The lowest BCUT2D eigenvalue weighted by molar-refractivity contribution is 0.0940. The number of nitrogens with one attached hydrogen (secondary N) is 3. The Kier molecular flexibility index (Phi) is 5.52. The molecule has 27 heavy (non-hydrogen) atoms. The summed E-state index contributed by atoms with van der Waals surface area (Å²) in [6.45, 7) is 1.85. The maximum Gasteiger partial charge on any atom is 0.253 e. The lowest BCUT2D eigenvalue weighted by atomic mass is 10.1. The van der Waals surface area contributed by atoms with E-state index in [1.54, 1.807) is 48.8 Å². The minimum Gasteiger partial charge on any atom is -0.360 e. The smallest absolute Gasteiger partial charge is 0.253 e. The number of pyridine rings is 1. The van der Waals surface area contributed by atoms with Crippen LogP contribution in [-0.2, 0) is 0 Å². The van der Waals surface area contributed by atoms with Crippen LogP contribution < -0.4 is 26.8 Å². The number of halogens is 1. The van der Waals surface area contributed by atoms with Crippen LogP contribution in [0.4, 0.5) is 17.1 Å². The SMILES string of the molecule is CCC(NC(=O)c1ccc(Cl)cc1)Nc1c(Nc2cccnc2)c(=O)c1=O. The van der Waals surface area contributed by atoms with Gasteiger partial charge >= 0.3 is 0 Å². The van der Waals surface area contributed by atoms with Crippen LogP contribution in [0.1, 0.15) is 23.7 Å². The van der Waals surface area contributed by atoms with Gasteiger partial charge in [-0.25, -0.2) is 0 Å². The second kappa shape index (κ2) is 8.01. The van der Waals surface area contributed by atoms with Crippen LogP contribution in [0.15, 0.2) is 58.4 Å². The molecular weight excluding hydrogens is 368 g/mol. The summed E-state index contributed by atoms with van der Waals surface area (Å²) in [6.07, 6.45) is 3.13. The second-order valence-electron chi connectivity index (χ2n) is 5.86. The fourth-order valence-electron chi connectivity index (χ4n) is 2.49. The van der Waals surface area contributed by atoms with E-state index in [0.717, 1.165) is 0 Å². The van der Waals surface area contributed by atoms with Crippen LogP contribution in [0.2, 0.25) is 5.02 Å². The lowest BCUT2D eigenvalue weighted by Gasteiger charge is -2.22. The van der Waals surface area contributed by atoms with Crippen molar-refractivity contribution in [2.24, 2.45) is 0 Å². The molecule has 0 saturated carbocycles. The third-order valence-electron chi connectivity index (χ3n) is 3.98. The predicted octanol–water partition coefficient (Wildman–Crippen LogP) is 2.65. The molecule has 1 amide bonds. The Morgan fingerprint density at radius 2 is 1.81 bits per heavy atom. The first-order valence-electron chi connectivity index (χ1n) is 8.33. The highest BCUT2D eigenvalue weighted by molar-refractivity contribution is 6.30. The summed E-state index contributed by atoms with van der Waals surface area (Å²) in [7, 11) is 0. The summed E-state index contributed by atoms with van der Waals surface area (Å²) < 4.78 is 0. The fourth-order valence-corrected chi connectivity index (χ4v) is 2.61. The highest BCUT2D eigenvalue weighted by Gasteiger charge is 2.24. The molecule has 0 aliphatic rings. The van der Waals surface area contributed by atoms with E-state index < -0.39 is 17.0 Å². The van der Waals surface area contributed by atoms with Crippen LogP contribution in [0.25, 0.3) is 0 Å². The molecule has 1 aromatic heterocycles. The molecule has 0 spiro atoms. The summed E-state index contributed by atoms with van der Waals surface area (Å²) in [5.74, 6) is -0.313. The number of aromatic nitrogens is 1. The van der Waals surface area contributed by atoms with Crippen molar-refractivity contribution in [3.63, 3.8) is 0 Å². The number of carbonyl (C=O) groups excluding carboxylic acids is 1. The van der Waals surface area contributed by atoms with Gasteiger partial charge in [0.05, 0.1) is 18.1 Å². The minimum absolute atomic E-state index is 0.145. The van der Waals surface area contributed by atoms with E-state index in [9.17, 15) is 14.4 Å². The van der Waals surface area contributed by atoms with Crippen molar-refractivity contribution in [1.29, 1.82) is 0 Å². The first-order valence-corrected chi connectivity index (χ1v) is 8.70. The molecule has 3 N–H and O–H groups in total. The summed E-state index contributed by atoms with van der Waals surface area (Å²) in [5, 5.41) is 9.14. The number of hydrogen-bond acceptors (Lipinski definition) is 6. The average molecular weight is 385 g/mol. The summed E-state index contributed by atoms with van der Waals surface area (Å²) in [4.78, 5) is 40.1. The number of nitrogens with zero attached hydrogens (tertiary/aromatic N) is 1. The Bertz CT molecular complexity index is 1010. The van der Waals surface area contributed by atoms with Gasteiger partial charge in [-0.3, -0.25) is 19.4 Å². The highest BCUT2D eigenvalue weighted by atomic mass is 35.5. The zero-order chi connectivity index (χ0) is 19.4. The number of amides is 1. The molecule has 3 rings (SSSR count). The summed E-state index contributed by atoms with van der Waals surface area (Å²) in [6, 6.07) is 9.90. The van der Waals surface area contributed by atoms with Gasteiger partial charge < -0.3 is 16.0 Å². The topological polar surface area (TPSA) is 100 Å². The van der Waals surface area contributed by atoms with Crippen LogP contribution in [0, 0.1) is 0 Å². The molecule has 1 atom stereocenters. The first kappa shape index (κ1) is 18.6. The molecular formula is C19H17ClN4O3. The van der Waals surface area contributed by atoms with Crippen LogP contribution in [0.5, 0.6) is 0 Å². The number of carbonyl (C=O) groups is 1. The Balaban J connectivity index is 1.72. The van der Waals surface area contributed by atoms with Crippen LogP contribution >= 0.6 is 11.6 Å². The van der Waals surface area contributed by atoms with Crippen LogP contribution in [0.3, 0.4) is 0 Å². The van der Waals surface area contributed by atoms with E-state index in [-0.39, 0.29) is 17.3 Å². The van der Waals surface area contributed by atoms with Gasteiger partial charge in [0.25, 0.3) is 16.8 Å². The zero-order valence-electron chi connectivity index (χ0n) is 14.5. The molecule has 0 bridgehead atoms. The van der Waals surface area contributed by atoms with Crippen molar-refractivity contribution in [3.8, 4) is 0 Å². The maximum absolute atomic E-state index is 12.3. The van der Waals surface area contributed by atoms with Crippen molar-refractivity contribution in [1.82, 2.24) is 10.3 Å². The molecule has 8 heteroatoms. The van der Waals surface area contributed by atoms with Crippen molar-refractivity contribution in [2.45, 2.75) is 19.5 Å². The fraction of sp³-hybridized carbons (Fsp3) is 0.158. The van der Waals surface area contributed by atoms with E-state index in [1.807, 2.05) is 6.92 Å². The Morgan fingerprint density at radius 3 is 2.44 bits per heavy atom. The Hall–Kier alpha value is -3.19. The molecule has 2 aromatic carbocycles. The van der Waals surface area contributed by atoms with E-state index in [1.165, 1.54) is 0 Å².